The molecule has 19 heavy (non-hydrogen) atoms. The minimum atomic E-state index is -2.50. The zero-order chi connectivity index (χ0) is 14.1. The largest absolute Gasteiger partial charge is 0.374 e. The third kappa shape index (κ3) is 6.05. The van der Waals surface area contributed by atoms with Crippen LogP contribution in [0.25, 0.3) is 0 Å². The third-order valence-electron chi connectivity index (χ3n) is 2.02. The second-order valence-electron chi connectivity index (χ2n) is 3.54. The van der Waals surface area contributed by atoms with E-state index in [1.807, 2.05) is 6.92 Å². The van der Waals surface area contributed by atoms with Crippen molar-refractivity contribution in [3.05, 3.63) is 18.1 Å². The Kier molecular flexibility index (Phi) is 6.65. The highest BCUT2D eigenvalue weighted by Crippen LogP contribution is 2.00. The van der Waals surface area contributed by atoms with Crippen molar-refractivity contribution in [2.75, 3.05) is 31.6 Å². The highest BCUT2D eigenvalue weighted by Gasteiger charge is 2.07. The smallest absolute Gasteiger partial charge is 0.271 e. The summed E-state index contributed by atoms with van der Waals surface area (Å²) in [7, 11) is 0. The van der Waals surface area contributed by atoms with E-state index in [0.717, 1.165) is 0 Å². The number of hydrogen-bond acceptors (Lipinski definition) is 5. The van der Waals surface area contributed by atoms with E-state index in [1.54, 1.807) is 0 Å². The quantitative estimate of drug-likeness (QED) is 0.689. The molecule has 0 unspecified atom stereocenters. The first-order valence-electron chi connectivity index (χ1n) is 5.83. The molecule has 0 saturated carbocycles. The number of carbonyl (C=O) groups is 1. The van der Waals surface area contributed by atoms with Gasteiger partial charge in [0.2, 0.25) is 0 Å². The monoisotopic (exact) mass is 274 g/mol. The molecule has 1 amide bonds. The summed E-state index contributed by atoms with van der Waals surface area (Å²) in [6.45, 7) is 2.16. The molecule has 0 bridgehead atoms. The van der Waals surface area contributed by atoms with Crippen molar-refractivity contribution in [2.45, 2.75) is 13.3 Å². The Bertz CT molecular complexity index is 387. The number of nitrogens with zero attached hydrogens (tertiary/aromatic N) is 2. The number of halogens is 2. The number of rotatable bonds is 8. The van der Waals surface area contributed by atoms with Crippen LogP contribution >= 0.6 is 0 Å². The normalized spacial score (nSPS) is 10.5. The topological polar surface area (TPSA) is 76.1 Å². The van der Waals surface area contributed by atoms with Crippen LogP contribution in [0.4, 0.5) is 14.6 Å². The number of carbonyl (C=O) groups excluding carboxylic acids is 1. The lowest BCUT2D eigenvalue weighted by Gasteiger charge is -2.06. The molecule has 0 radical (unpaired) electrons. The van der Waals surface area contributed by atoms with Crippen LogP contribution in [0.2, 0.25) is 0 Å². The van der Waals surface area contributed by atoms with Gasteiger partial charge in [0.25, 0.3) is 12.3 Å². The van der Waals surface area contributed by atoms with E-state index in [4.69, 9.17) is 0 Å². The molecule has 8 heteroatoms. The Hall–Kier alpha value is -1.83. The van der Waals surface area contributed by atoms with Gasteiger partial charge in [-0.25, -0.2) is 18.7 Å². The summed E-state index contributed by atoms with van der Waals surface area (Å²) in [4.78, 5) is 19.5. The van der Waals surface area contributed by atoms with Crippen LogP contribution in [-0.4, -0.2) is 48.6 Å². The lowest BCUT2D eigenvalue weighted by Crippen LogP contribution is -2.28. The predicted molar refractivity (Wildman–Crippen MR) is 65.4 cm³/mol. The summed E-state index contributed by atoms with van der Waals surface area (Å²) in [5, 5.41) is 5.44. The summed E-state index contributed by atoms with van der Waals surface area (Å²) in [6, 6.07) is 0. The summed E-state index contributed by atoms with van der Waals surface area (Å²) < 4.78 is 28.1. The minimum absolute atomic E-state index is 0.0268. The number of amides is 1. The van der Waals surface area contributed by atoms with Gasteiger partial charge in [-0.1, -0.05) is 0 Å². The number of anilines is 1. The first-order chi connectivity index (χ1) is 9.13. The SMILES string of the molecule is CCNc1cnc(C(=O)NCCOCC(F)F)cn1. The maximum atomic E-state index is 11.7. The van der Waals surface area contributed by atoms with Gasteiger partial charge in [0.1, 0.15) is 18.1 Å². The van der Waals surface area contributed by atoms with Crippen molar-refractivity contribution in [2.24, 2.45) is 0 Å². The molecule has 1 rings (SSSR count). The van der Waals surface area contributed by atoms with Crippen LogP contribution in [0.15, 0.2) is 12.4 Å². The number of alkyl halides is 2. The fraction of sp³-hybridized carbons (Fsp3) is 0.545. The molecule has 0 spiro atoms. The van der Waals surface area contributed by atoms with E-state index in [-0.39, 0.29) is 18.8 Å². The van der Waals surface area contributed by atoms with Gasteiger partial charge in [-0.05, 0) is 6.92 Å². The van der Waals surface area contributed by atoms with Crippen molar-refractivity contribution in [1.82, 2.24) is 15.3 Å². The van der Waals surface area contributed by atoms with E-state index < -0.39 is 18.9 Å². The predicted octanol–water partition coefficient (Wildman–Crippen LogP) is 0.920. The highest BCUT2D eigenvalue weighted by atomic mass is 19.3. The number of hydrogen-bond donors (Lipinski definition) is 2. The van der Waals surface area contributed by atoms with E-state index in [2.05, 4.69) is 25.3 Å². The average Bonchev–Trinajstić information content (AvgIpc) is 2.39. The van der Waals surface area contributed by atoms with E-state index in [9.17, 15) is 13.6 Å². The van der Waals surface area contributed by atoms with Gasteiger partial charge in [-0.3, -0.25) is 4.79 Å². The molecule has 0 fully saturated rings. The van der Waals surface area contributed by atoms with Gasteiger partial charge >= 0.3 is 0 Å². The molecule has 0 saturated heterocycles. The van der Waals surface area contributed by atoms with E-state index in [1.165, 1.54) is 12.4 Å². The molecule has 1 aromatic heterocycles. The van der Waals surface area contributed by atoms with Gasteiger partial charge in [-0.2, -0.15) is 0 Å². The number of ether oxygens (including phenoxy) is 1. The van der Waals surface area contributed by atoms with Gasteiger partial charge < -0.3 is 15.4 Å². The molecular formula is C11H16F2N4O2. The van der Waals surface area contributed by atoms with Crippen LogP contribution in [0.5, 0.6) is 0 Å². The first-order valence-corrected chi connectivity index (χ1v) is 5.83. The Balaban J connectivity index is 2.29. The summed E-state index contributed by atoms with van der Waals surface area (Å²) >= 11 is 0. The van der Waals surface area contributed by atoms with Crippen LogP contribution < -0.4 is 10.6 Å². The molecule has 1 heterocycles. The zero-order valence-electron chi connectivity index (χ0n) is 10.5. The van der Waals surface area contributed by atoms with Crippen molar-refractivity contribution >= 4 is 11.7 Å². The zero-order valence-corrected chi connectivity index (χ0v) is 10.5. The van der Waals surface area contributed by atoms with Gasteiger partial charge in [0.05, 0.1) is 19.0 Å². The van der Waals surface area contributed by atoms with Crippen LogP contribution in [0.3, 0.4) is 0 Å². The molecule has 0 aliphatic rings. The standard InChI is InChI=1S/C11H16F2N4O2/c1-2-14-10-6-16-8(5-17-10)11(18)15-3-4-19-7-9(12)13/h5-6,9H,2-4,7H2,1H3,(H,14,17)(H,15,18). The highest BCUT2D eigenvalue weighted by molar-refractivity contribution is 5.91. The lowest BCUT2D eigenvalue weighted by atomic mass is 10.4. The number of nitrogens with one attached hydrogen (secondary N) is 2. The van der Waals surface area contributed by atoms with Gasteiger partial charge in [0, 0.05) is 13.1 Å². The van der Waals surface area contributed by atoms with Crippen molar-refractivity contribution in [3.8, 4) is 0 Å². The Morgan fingerprint density at radius 1 is 1.42 bits per heavy atom. The second-order valence-corrected chi connectivity index (χ2v) is 3.54. The Labute approximate surface area is 109 Å². The van der Waals surface area contributed by atoms with Crippen molar-refractivity contribution in [1.29, 1.82) is 0 Å². The van der Waals surface area contributed by atoms with Gasteiger partial charge in [-0.15, -0.1) is 0 Å². The third-order valence-corrected chi connectivity index (χ3v) is 2.02. The first kappa shape index (κ1) is 15.2. The number of aromatic nitrogens is 2. The molecule has 0 atom stereocenters. The van der Waals surface area contributed by atoms with E-state index in [0.29, 0.717) is 12.4 Å². The summed E-state index contributed by atoms with van der Waals surface area (Å²) in [5.41, 5.74) is 0.163. The van der Waals surface area contributed by atoms with Gasteiger partial charge in [0.15, 0.2) is 0 Å². The minimum Gasteiger partial charge on any atom is -0.374 e. The van der Waals surface area contributed by atoms with Crippen molar-refractivity contribution in [3.63, 3.8) is 0 Å². The molecule has 0 aromatic carbocycles. The maximum Gasteiger partial charge on any atom is 0.271 e. The molecule has 6 nitrogen and oxygen atoms in total. The fourth-order valence-corrected chi connectivity index (χ4v) is 1.22. The fourth-order valence-electron chi connectivity index (χ4n) is 1.22. The maximum absolute atomic E-state index is 11.7. The van der Waals surface area contributed by atoms with Crippen LogP contribution in [-0.2, 0) is 4.74 Å². The summed E-state index contributed by atoms with van der Waals surface area (Å²) in [5.74, 6) is 0.163. The molecule has 1 aromatic rings. The van der Waals surface area contributed by atoms with Crippen molar-refractivity contribution < 1.29 is 18.3 Å². The molecule has 106 valence electrons. The molecule has 2 N–H and O–H groups in total. The lowest BCUT2D eigenvalue weighted by molar-refractivity contribution is 0.0188. The van der Waals surface area contributed by atoms with E-state index >= 15 is 0 Å². The molecular weight excluding hydrogens is 258 g/mol. The Morgan fingerprint density at radius 3 is 2.79 bits per heavy atom. The average molecular weight is 274 g/mol. The Morgan fingerprint density at radius 2 is 2.21 bits per heavy atom. The summed E-state index contributed by atoms with van der Waals surface area (Å²) in [6.07, 6.45) is 0.291. The van der Waals surface area contributed by atoms with Crippen LogP contribution in [0.1, 0.15) is 17.4 Å². The molecule has 0 aliphatic heterocycles. The van der Waals surface area contributed by atoms with Crippen LogP contribution in [0, 0.1) is 0 Å². The second kappa shape index (κ2) is 8.30. The molecule has 0 aliphatic carbocycles.